The predicted molar refractivity (Wildman–Crippen MR) is 96.9 cm³/mol. The maximum absolute atomic E-state index is 12.3. The van der Waals surface area contributed by atoms with E-state index in [9.17, 15) is 10.1 Å². The van der Waals surface area contributed by atoms with Crippen LogP contribution < -0.4 is 5.32 Å². The smallest absolute Gasteiger partial charge is 0.231 e. The fraction of sp³-hybridized carbons (Fsp3) is 0.722. The first-order valence-electron chi connectivity index (χ1n) is 8.69. The molecule has 2 rings (SSSR count). The molecule has 0 bridgehead atoms. The van der Waals surface area contributed by atoms with Crippen molar-refractivity contribution in [1.29, 1.82) is 5.26 Å². The Bertz CT molecular complexity index is 640. The van der Waals surface area contributed by atoms with Gasteiger partial charge in [0.05, 0.1) is 17.5 Å². The fourth-order valence-electron chi connectivity index (χ4n) is 3.05. The Morgan fingerprint density at radius 1 is 1.46 bits per heavy atom. The molecule has 5 nitrogen and oxygen atoms in total. The second kappa shape index (κ2) is 7.60. The minimum absolute atomic E-state index is 0.0569. The lowest BCUT2D eigenvalue weighted by molar-refractivity contribution is -0.120. The zero-order valence-corrected chi connectivity index (χ0v) is 16.2. The predicted octanol–water partition coefficient (Wildman–Crippen LogP) is 3.76. The van der Waals surface area contributed by atoms with E-state index < -0.39 is 5.54 Å². The molecule has 24 heavy (non-hydrogen) atoms. The average Bonchev–Trinajstić information content (AvgIpc) is 3.14. The quantitative estimate of drug-likeness (QED) is 0.795. The van der Waals surface area contributed by atoms with Crippen LogP contribution in [0.25, 0.3) is 0 Å². The maximum Gasteiger partial charge on any atom is 0.231 e. The van der Waals surface area contributed by atoms with Crippen molar-refractivity contribution in [3.63, 3.8) is 0 Å². The third-order valence-corrected chi connectivity index (χ3v) is 6.12. The van der Waals surface area contributed by atoms with Gasteiger partial charge >= 0.3 is 0 Å². The number of hydrogen-bond donors (Lipinski definition) is 1. The topological polar surface area (TPSA) is 70.7 Å². The maximum atomic E-state index is 12.3. The Morgan fingerprint density at radius 3 is 2.62 bits per heavy atom. The van der Waals surface area contributed by atoms with Crippen LogP contribution in [0.5, 0.6) is 0 Å². The van der Waals surface area contributed by atoms with Crippen LogP contribution in [0.1, 0.15) is 63.9 Å². The molecule has 0 aliphatic heterocycles. The second-order valence-corrected chi connectivity index (χ2v) is 8.12. The van der Waals surface area contributed by atoms with Crippen LogP contribution in [0.2, 0.25) is 0 Å². The summed E-state index contributed by atoms with van der Waals surface area (Å²) in [5.41, 5.74) is 1.41. The van der Waals surface area contributed by atoms with E-state index in [2.05, 4.69) is 27.9 Å². The molecule has 0 aromatic carbocycles. The van der Waals surface area contributed by atoms with E-state index in [1.807, 2.05) is 20.8 Å². The number of carbonyl (C=O) groups is 1. The lowest BCUT2D eigenvalue weighted by Gasteiger charge is -2.27. The molecule has 6 heteroatoms. The van der Waals surface area contributed by atoms with Crippen molar-refractivity contribution in [3.8, 4) is 6.07 Å². The van der Waals surface area contributed by atoms with Crippen molar-refractivity contribution in [3.05, 3.63) is 11.4 Å². The van der Waals surface area contributed by atoms with E-state index in [0.717, 1.165) is 10.9 Å². The third kappa shape index (κ3) is 3.94. The molecule has 1 aromatic rings. The standard InChI is InChI=1S/C18H28N4OS/c1-12(2)18(5,11-19)21-16(23)10-24-17-20-13(3)14(4)22(17)15-8-6-7-9-15/h12,15H,6-10H2,1-5H3,(H,21,23). The molecular formula is C18H28N4OS. The number of carbonyl (C=O) groups excluding carboxylic acids is 1. The van der Waals surface area contributed by atoms with Crippen LogP contribution in [-0.4, -0.2) is 26.8 Å². The molecule has 1 saturated carbocycles. The van der Waals surface area contributed by atoms with Crippen molar-refractivity contribution < 1.29 is 4.79 Å². The van der Waals surface area contributed by atoms with Gasteiger partial charge in [-0.2, -0.15) is 5.26 Å². The van der Waals surface area contributed by atoms with Gasteiger partial charge in [-0.15, -0.1) is 0 Å². The van der Waals surface area contributed by atoms with E-state index in [1.165, 1.54) is 43.1 Å². The molecule has 1 aromatic heterocycles. The highest BCUT2D eigenvalue weighted by Crippen LogP contribution is 2.35. The van der Waals surface area contributed by atoms with Crippen LogP contribution in [0.15, 0.2) is 5.16 Å². The Hall–Kier alpha value is -1.48. The summed E-state index contributed by atoms with van der Waals surface area (Å²) < 4.78 is 2.31. The minimum Gasteiger partial charge on any atom is -0.337 e. The van der Waals surface area contributed by atoms with Crippen LogP contribution in [0.3, 0.4) is 0 Å². The van der Waals surface area contributed by atoms with E-state index in [-0.39, 0.29) is 17.6 Å². The van der Waals surface area contributed by atoms with Crippen LogP contribution >= 0.6 is 11.8 Å². The zero-order valence-electron chi connectivity index (χ0n) is 15.3. The highest BCUT2D eigenvalue weighted by atomic mass is 32.2. The summed E-state index contributed by atoms with van der Waals surface area (Å²) in [4.78, 5) is 17.0. The van der Waals surface area contributed by atoms with E-state index in [1.54, 1.807) is 6.92 Å². The van der Waals surface area contributed by atoms with Gasteiger partial charge in [-0.1, -0.05) is 38.5 Å². The number of aryl methyl sites for hydroxylation is 1. The summed E-state index contributed by atoms with van der Waals surface area (Å²) in [6.07, 6.45) is 4.91. The molecule has 1 fully saturated rings. The summed E-state index contributed by atoms with van der Waals surface area (Å²) in [6, 6.07) is 2.73. The van der Waals surface area contributed by atoms with Gasteiger partial charge in [0.2, 0.25) is 5.91 Å². The molecule has 1 atom stereocenters. The third-order valence-electron chi connectivity index (χ3n) is 5.16. The monoisotopic (exact) mass is 348 g/mol. The lowest BCUT2D eigenvalue weighted by atomic mass is 9.90. The van der Waals surface area contributed by atoms with Gasteiger partial charge < -0.3 is 9.88 Å². The molecule has 1 unspecified atom stereocenters. The Labute approximate surface area is 149 Å². The number of nitriles is 1. The summed E-state index contributed by atoms with van der Waals surface area (Å²) in [5.74, 6) is 0.225. The molecular weight excluding hydrogens is 320 g/mol. The normalized spacial score (nSPS) is 17.7. The summed E-state index contributed by atoms with van der Waals surface area (Å²) >= 11 is 1.47. The van der Waals surface area contributed by atoms with Crippen LogP contribution in [0.4, 0.5) is 0 Å². The Balaban J connectivity index is 2.06. The van der Waals surface area contributed by atoms with Crippen molar-refractivity contribution >= 4 is 17.7 Å². The lowest BCUT2D eigenvalue weighted by Crippen LogP contribution is -2.49. The molecule has 0 radical (unpaired) electrons. The van der Waals surface area contributed by atoms with Gasteiger partial charge in [-0.3, -0.25) is 4.79 Å². The minimum atomic E-state index is -0.829. The number of nitrogens with zero attached hydrogens (tertiary/aromatic N) is 3. The molecule has 0 saturated heterocycles. The van der Waals surface area contributed by atoms with Gasteiger partial charge in [-0.25, -0.2) is 4.98 Å². The van der Waals surface area contributed by atoms with E-state index in [4.69, 9.17) is 0 Å². The van der Waals surface area contributed by atoms with Crippen LogP contribution in [0, 0.1) is 31.1 Å². The van der Waals surface area contributed by atoms with Gasteiger partial charge in [0, 0.05) is 11.7 Å². The van der Waals surface area contributed by atoms with Crippen LogP contribution in [-0.2, 0) is 4.79 Å². The number of thioether (sulfide) groups is 1. The number of imidazole rings is 1. The Kier molecular flexibility index (Phi) is 5.97. The van der Waals surface area contributed by atoms with Gasteiger partial charge in [-0.05, 0) is 39.5 Å². The fourth-order valence-corrected chi connectivity index (χ4v) is 4.01. The largest absolute Gasteiger partial charge is 0.337 e. The van der Waals surface area contributed by atoms with E-state index >= 15 is 0 Å². The first-order valence-corrected chi connectivity index (χ1v) is 9.67. The molecule has 0 spiro atoms. The second-order valence-electron chi connectivity index (χ2n) is 7.18. The van der Waals surface area contributed by atoms with Gasteiger partial charge in [0.1, 0.15) is 5.54 Å². The highest BCUT2D eigenvalue weighted by Gasteiger charge is 2.30. The molecule has 132 valence electrons. The van der Waals surface area contributed by atoms with Gasteiger partial charge in [0.25, 0.3) is 0 Å². The van der Waals surface area contributed by atoms with Crippen molar-refractivity contribution in [1.82, 2.24) is 14.9 Å². The summed E-state index contributed by atoms with van der Waals surface area (Å²) in [6.45, 7) is 9.78. The molecule has 1 aliphatic rings. The summed E-state index contributed by atoms with van der Waals surface area (Å²) in [5, 5.41) is 13.1. The average molecular weight is 349 g/mol. The zero-order chi connectivity index (χ0) is 17.9. The first-order chi connectivity index (χ1) is 11.3. The van der Waals surface area contributed by atoms with Crippen molar-refractivity contribution in [2.24, 2.45) is 5.92 Å². The highest BCUT2D eigenvalue weighted by molar-refractivity contribution is 7.99. The number of rotatable bonds is 6. The van der Waals surface area contributed by atoms with E-state index in [0.29, 0.717) is 6.04 Å². The van der Waals surface area contributed by atoms with Crippen molar-refractivity contribution in [2.45, 2.75) is 77.0 Å². The number of aromatic nitrogens is 2. The number of hydrogen-bond acceptors (Lipinski definition) is 4. The van der Waals surface area contributed by atoms with Gasteiger partial charge in [0.15, 0.2) is 5.16 Å². The molecule has 1 amide bonds. The Morgan fingerprint density at radius 2 is 2.08 bits per heavy atom. The SMILES string of the molecule is Cc1nc(SCC(=O)NC(C)(C#N)C(C)C)n(C2CCCC2)c1C. The first kappa shape index (κ1) is 18.9. The summed E-state index contributed by atoms with van der Waals surface area (Å²) in [7, 11) is 0. The molecule has 1 heterocycles. The number of nitrogens with one attached hydrogen (secondary N) is 1. The molecule has 1 N–H and O–H groups in total. The van der Waals surface area contributed by atoms with Crippen molar-refractivity contribution in [2.75, 3.05) is 5.75 Å². The number of amides is 1. The molecule has 1 aliphatic carbocycles.